The molecule has 1 aromatic carbocycles. The van der Waals surface area contributed by atoms with E-state index in [2.05, 4.69) is 25.6 Å². The summed E-state index contributed by atoms with van der Waals surface area (Å²) >= 11 is 1.51. The molecule has 1 unspecified atom stereocenters. The summed E-state index contributed by atoms with van der Waals surface area (Å²) in [6, 6.07) is 2.40. The van der Waals surface area contributed by atoms with Gasteiger partial charge in [0.05, 0.1) is 12.3 Å². The van der Waals surface area contributed by atoms with Gasteiger partial charge in [-0.25, -0.2) is 8.78 Å². The van der Waals surface area contributed by atoms with Crippen LogP contribution in [0, 0.1) is 18.6 Å². The third kappa shape index (κ3) is 4.33. The summed E-state index contributed by atoms with van der Waals surface area (Å²) in [6.45, 7) is 4.79. The molecule has 0 saturated carbocycles. The third-order valence-corrected chi connectivity index (χ3v) is 5.92. The largest absolute Gasteiger partial charge is 0.390 e. The molecule has 4 rings (SSSR count). The Kier molecular flexibility index (Phi) is 5.76. The summed E-state index contributed by atoms with van der Waals surface area (Å²) in [6.07, 6.45) is 2.39. The number of anilines is 1. The number of aromatic nitrogens is 2. The summed E-state index contributed by atoms with van der Waals surface area (Å²) in [5.41, 5.74) is 1.45. The van der Waals surface area contributed by atoms with Gasteiger partial charge in [0, 0.05) is 37.6 Å². The lowest BCUT2D eigenvalue weighted by atomic mass is 9.95. The van der Waals surface area contributed by atoms with Crippen LogP contribution in [0.25, 0.3) is 5.57 Å². The minimum atomic E-state index is -0.544. The minimum absolute atomic E-state index is 0.0870. The maximum Gasteiger partial charge on any atom is 0.217 e. The van der Waals surface area contributed by atoms with E-state index in [9.17, 15) is 13.6 Å². The average molecular weight is 433 g/mol. The van der Waals surface area contributed by atoms with Gasteiger partial charge in [0.15, 0.2) is 0 Å². The minimum Gasteiger partial charge on any atom is -0.390 e. The first-order valence-corrected chi connectivity index (χ1v) is 10.4. The van der Waals surface area contributed by atoms with Gasteiger partial charge < -0.3 is 15.1 Å². The Bertz CT molecular complexity index is 1040. The molecule has 2 aliphatic heterocycles. The molecular formula is C20H21F2N5O2S. The van der Waals surface area contributed by atoms with Gasteiger partial charge in [-0.1, -0.05) is 22.6 Å². The van der Waals surface area contributed by atoms with Crippen LogP contribution in [0.15, 0.2) is 23.4 Å². The molecule has 1 atom stereocenters. The Labute approximate surface area is 176 Å². The number of carbonyl (C=O) groups is 1. The normalized spacial score (nSPS) is 18.7. The number of carbonyl (C=O) groups excluding carboxylic acids is 1. The number of hydrogen-bond acceptors (Lipinski definition) is 7. The van der Waals surface area contributed by atoms with E-state index >= 15 is 0 Å². The Balaban J connectivity index is 1.47. The van der Waals surface area contributed by atoms with Crippen LogP contribution in [-0.2, 0) is 9.63 Å². The van der Waals surface area contributed by atoms with Crippen LogP contribution in [0.2, 0.25) is 0 Å². The number of nitrogens with zero attached hydrogens (tertiary/aromatic N) is 4. The lowest BCUT2D eigenvalue weighted by molar-refractivity contribution is -0.119. The molecule has 0 radical (unpaired) electrons. The van der Waals surface area contributed by atoms with Gasteiger partial charge in [-0.2, -0.15) is 0 Å². The second-order valence-electron chi connectivity index (χ2n) is 7.25. The van der Waals surface area contributed by atoms with Gasteiger partial charge >= 0.3 is 0 Å². The van der Waals surface area contributed by atoms with E-state index in [4.69, 9.17) is 4.84 Å². The van der Waals surface area contributed by atoms with Crippen molar-refractivity contribution in [1.82, 2.24) is 15.5 Å². The SMILES string of the molecule is CC(=O)NCC1CC(c2cc(F)c(C3=CCN(c4nnc(C)s4)CC3)cc2F)=NO1. The average Bonchev–Trinajstić information content (AvgIpc) is 3.37. The van der Waals surface area contributed by atoms with Gasteiger partial charge in [0.1, 0.15) is 22.7 Å². The van der Waals surface area contributed by atoms with E-state index < -0.39 is 11.6 Å². The third-order valence-electron chi connectivity index (χ3n) is 5.02. The first-order chi connectivity index (χ1) is 14.4. The summed E-state index contributed by atoms with van der Waals surface area (Å²) in [5.74, 6) is -1.22. The van der Waals surface area contributed by atoms with Crippen molar-refractivity contribution >= 4 is 33.7 Å². The molecule has 1 amide bonds. The predicted octanol–water partition coefficient (Wildman–Crippen LogP) is 3.05. The topological polar surface area (TPSA) is 79.7 Å². The number of hydrogen-bond donors (Lipinski definition) is 1. The van der Waals surface area contributed by atoms with Gasteiger partial charge in [0.2, 0.25) is 11.0 Å². The fourth-order valence-corrected chi connectivity index (χ4v) is 4.19. The van der Waals surface area contributed by atoms with Crippen LogP contribution in [0.4, 0.5) is 13.9 Å². The molecule has 0 saturated heterocycles. The van der Waals surface area contributed by atoms with E-state index in [-0.39, 0.29) is 29.7 Å². The number of rotatable bonds is 5. The predicted molar refractivity (Wildman–Crippen MR) is 111 cm³/mol. The monoisotopic (exact) mass is 433 g/mol. The van der Waals surface area contributed by atoms with E-state index in [0.717, 1.165) is 15.7 Å². The first-order valence-electron chi connectivity index (χ1n) is 9.61. The molecule has 1 aromatic heterocycles. The van der Waals surface area contributed by atoms with Gasteiger partial charge in [-0.15, -0.1) is 10.2 Å². The van der Waals surface area contributed by atoms with Crippen molar-refractivity contribution in [3.05, 3.63) is 46.0 Å². The summed E-state index contributed by atoms with van der Waals surface area (Å²) in [4.78, 5) is 18.3. The summed E-state index contributed by atoms with van der Waals surface area (Å²) in [5, 5.41) is 16.4. The van der Waals surface area contributed by atoms with Gasteiger partial charge in [-0.05, 0) is 31.1 Å². The Hall–Kier alpha value is -2.88. The second-order valence-corrected chi connectivity index (χ2v) is 8.41. The fourth-order valence-electron chi connectivity index (χ4n) is 3.47. The highest BCUT2D eigenvalue weighted by Gasteiger charge is 2.26. The Morgan fingerprint density at radius 3 is 2.73 bits per heavy atom. The first kappa shape index (κ1) is 20.4. The van der Waals surface area contributed by atoms with Crippen LogP contribution in [0.3, 0.4) is 0 Å². The highest BCUT2D eigenvalue weighted by atomic mass is 32.1. The molecule has 2 aliphatic rings. The second kappa shape index (κ2) is 8.47. The van der Waals surface area contributed by atoms with E-state index in [0.29, 0.717) is 31.6 Å². The summed E-state index contributed by atoms with van der Waals surface area (Å²) in [7, 11) is 0. The molecule has 0 aliphatic carbocycles. The number of aryl methyl sites for hydroxylation is 1. The maximum atomic E-state index is 14.8. The molecule has 3 heterocycles. The molecule has 30 heavy (non-hydrogen) atoms. The quantitative estimate of drug-likeness (QED) is 0.784. The molecule has 10 heteroatoms. The van der Waals surface area contributed by atoms with E-state index in [1.807, 2.05) is 13.0 Å². The lowest BCUT2D eigenvalue weighted by Crippen LogP contribution is -2.30. The molecule has 0 bridgehead atoms. The molecule has 1 N–H and O–H groups in total. The van der Waals surface area contributed by atoms with Crippen LogP contribution in [0.5, 0.6) is 0 Å². The highest BCUT2D eigenvalue weighted by Crippen LogP contribution is 2.31. The number of oxime groups is 1. The van der Waals surface area contributed by atoms with Crippen molar-refractivity contribution in [2.24, 2.45) is 5.16 Å². The van der Waals surface area contributed by atoms with Crippen molar-refractivity contribution in [3.8, 4) is 0 Å². The number of halogens is 2. The van der Waals surface area contributed by atoms with Gasteiger partial charge in [0.25, 0.3) is 0 Å². The molecule has 2 aromatic rings. The number of amides is 1. The van der Waals surface area contributed by atoms with Crippen LogP contribution in [-0.4, -0.2) is 47.6 Å². The maximum absolute atomic E-state index is 14.8. The fraction of sp³-hybridized carbons (Fsp3) is 0.400. The van der Waals surface area contributed by atoms with Crippen LogP contribution >= 0.6 is 11.3 Å². The van der Waals surface area contributed by atoms with Crippen LogP contribution in [0.1, 0.15) is 35.9 Å². The smallest absolute Gasteiger partial charge is 0.217 e. The van der Waals surface area contributed by atoms with Crippen molar-refractivity contribution in [2.45, 2.75) is 32.8 Å². The lowest BCUT2D eigenvalue weighted by Gasteiger charge is -2.26. The molecule has 7 nitrogen and oxygen atoms in total. The molecular weight excluding hydrogens is 412 g/mol. The zero-order chi connectivity index (χ0) is 21.3. The van der Waals surface area contributed by atoms with Crippen molar-refractivity contribution < 1.29 is 18.4 Å². The van der Waals surface area contributed by atoms with Gasteiger partial charge in [-0.3, -0.25) is 4.79 Å². The van der Waals surface area contributed by atoms with Crippen LogP contribution < -0.4 is 10.2 Å². The van der Waals surface area contributed by atoms with E-state index in [1.165, 1.54) is 30.4 Å². The van der Waals surface area contributed by atoms with Crippen molar-refractivity contribution in [3.63, 3.8) is 0 Å². The Morgan fingerprint density at radius 1 is 1.30 bits per heavy atom. The van der Waals surface area contributed by atoms with E-state index in [1.54, 1.807) is 0 Å². The zero-order valence-corrected chi connectivity index (χ0v) is 17.4. The number of benzene rings is 1. The van der Waals surface area contributed by atoms with Crippen molar-refractivity contribution in [2.75, 3.05) is 24.5 Å². The Morgan fingerprint density at radius 2 is 2.07 bits per heavy atom. The number of nitrogens with one attached hydrogen (secondary N) is 1. The van der Waals surface area contributed by atoms with Crippen molar-refractivity contribution in [1.29, 1.82) is 0 Å². The molecule has 158 valence electrons. The summed E-state index contributed by atoms with van der Waals surface area (Å²) < 4.78 is 29.6. The zero-order valence-electron chi connectivity index (χ0n) is 16.6. The highest BCUT2D eigenvalue weighted by molar-refractivity contribution is 7.15. The standard InChI is InChI=1S/C20H21F2N5O2S/c1-11(28)23-10-14-7-19(26-29-14)16-9-17(21)15(8-18(16)22)13-3-5-27(6-4-13)20-25-24-12(2)30-20/h3,8-9,14H,4-7,10H2,1-2H3,(H,23,28). The molecule has 0 spiro atoms. The molecule has 0 fully saturated rings.